The molecule has 176 valence electrons. The smallest absolute Gasteiger partial charge is 0.269 e. The molecule has 0 bridgehead atoms. The third-order valence-electron chi connectivity index (χ3n) is 4.72. The second-order valence-corrected chi connectivity index (χ2v) is 9.16. The van der Waals surface area contributed by atoms with Crippen LogP contribution in [-0.4, -0.2) is 32.7 Å². The van der Waals surface area contributed by atoms with E-state index in [9.17, 15) is 22.8 Å². The van der Waals surface area contributed by atoms with E-state index in [0.29, 0.717) is 5.56 Å². The van der Waals surface area contributed by atoms with Gasteiger partial charge in [0, 0.05) is 17.7 Å². The second-order valence-electron chi connectivity index (χ2n) is 7.39. The molecule has 0 aliphatic rings. The summed E-state index contributed by atoms with van der Waals surface area (Å²) in [5.74, 6) is -1.78. The molecule has 3 rings (SSSR count). The summed E-state index contributed by atoms with van der Waals surface area (Å²) in [4.78, 5) is 36.4. The Balaban J connectivity index is 1.52. The van der Waals surface area contributed by atoms with Gasteiger partial charge in [0.1, 0.15) is 0 Å². The lowest BCUT2D eigenvalue weighted by molar-refractivity contribution is -0.120. The van der Waals surface area contributed by atoms with Gasteiger partial charge >= 0.3 is 0 Å². The first-order valence-corrected chi connectivity index (χ1v) is 11.8. The van der Waals surface area contributed by atoms with Crippen LogP contribution < -0.4 is 20.9 Å². The molecule has 34 heavy (non-hydrogen) atoms. The van der Waals surface area contributed by atoms with Gasteiger partial charge in [0.05, 0.1) is 11.4 Å². The predicted molar refractivity (Wildman–Crippen MR) is 126 cm³/mol. The topological polar surface area (TPSA) is 133 Å². The molecule has 3 aromatic carbocycles. The van der Waals surface area contributed by atoms with Crippen LogP contribution in [0.15, 0.2) is 83.8 Å². The fraction of sp³-hybridized carbons (Fsp3) is 0.125. The average molecular weight is 481 g/mol. The zero-order valence-corrected chi connectivity index (χ0v) is 19.2. The summed E-state index contributed by atoms with van der Waals surface area (Å²) < 4.78 is 27.6. The maximum absolute atomic E-state index is 12.6. The van der Waals surface area contributed by atoms with Gasteiger partial charge in [0.2, 0.25) is 10.0 Å². The van der Waals surface area contributed by atoms with Crippen LogP contribution in [0.3, 0.4) is 0 Å². The van der Waals surface area contributed by atoms with Gasteiger partial charge in [-0.2, -0.15) is 0 Å². The van der Waals surface area contributed by atoms with E-state index in [-0.39, 0.29) is 23.5 Å². The number of carbonyl (C=O) groups excluding carboxylic acids is 3. The number of amides is 3. The normalized spacial score (nSPS) is 10.9. The average Bonchev–Trinajstić information content (AvgIpc) is 2.85. The number of carbonyl (C=O) groups is 3. The van der Waals surface area contributed by atoms with Gasteiger partial charge in [-0.05, 0) is 42.8 Å². The Labute approximate surface area is 197 Å². The molecule has 0 saturated heterocycles. The van der Waals surface area contributed by atoms with Crippen LogP contribution in [0.5, 0.6) is 0 Å². The highest BCUT2D eigenvalue weighted by Gasteiger charge is 2.17. The van der Waals surface area contributed by atoms with E-state index < -0.39 is 27.7 Å². The van der Waals surface area contributed by atoms with E-state index in [2.05, 4.69) is 20.9 Å². The minimum atomic E-state index is -3.86. The van der Waals surface area contributed by atoms with Gasteiger partial charge in [0.15, 0.2) is 0 Å². The Morgan fingerprint density at radius 1 is 0.765 bits per heavy atom. The zero-order chi connectivity index (χ0) is 24.6. The van der Waals surface area contributed by atoms with Gasteiger partial charge in [-0.1, -0.05) is 54.1 Å². The van der Waals surface area contributed by atoms with Crippen molar-refractivity contribution in [3.8, 4) is 0 Å². The molecular formula is C24H24N4O5S. The molecule has 0 radical (unpaired) electrons. The lowest BCUT2D eigenvalue weighted by Crippen LogP contribution is -2.46. The summed E-state index contributed by atoms with van der Waals surface area (Å²) in [5, 5.41) is 2.46. The first kappa shape index (κ1) is 24.6. The summed E-state index contributed by atoms with van der Waals surface area (Å²) in [6.45, 7) is 1.59. The molecule has 0 fully saturated rings. The van der Waals surface area contributed by atoms with E-state index in [1.165, 1.54) is 24.3 Å². The molecule has 0 aromatic heterocycles. The molecule has 0 spiro atoms. The molecule has 9 nitrogen and oxygen atoms in total. The number of nitrogens with one attached hydrogen (secondary N) is 4. The first-order valence-electron chi connectivity index (χ1n) is 10.3. The van der Waals surface area contributed by atoms with E-state index in [1.54, 1.807) is 42.5 Å². The zero-order valence-electron chi connectivity index (χ0n) is 18.4. The molecular weight excluding hydrogens is 456 g/mol. The standard InChI is InChI=1S/C24H24N4O5S/c1-17-7-5-10-19(13-17)23(30)25-16-22(29)27-28-24(31)20-11-6-12-21(14-20)34(32,33)26-15-18-8-3-2-4-9-18/h2-14,26H,15-16H2,1H3,(H,25,30)(H,27,29)(H,28,31). The van der Waals surface area contributed by atoms with E-state index in [4.69, 9.17) is 0 Å². The number of rotatable bonds is 8. The Kier molecular flexibility index (Phi) is 8.12. The number of hydrogen-bond donors (Lipinski definition) is 4. The largest absolute Gasteiger partial charge is 0.343 e. The molecule has 0 aliphatic heterocycles. The second kappa shape index (κ2) is 11.2. The van der Waals surface area contributed by atoms with Crippen LogP contribution >= 0.6 is 0 Å². The number of hydrazine groups is 1. The Hall–Kier alpha value is -4.02. The van der Waals surface area contributed by atoms with Gasteiger partial charge in [-0.15, -0.1) is 0 Å². The molecule has 10 heteroatoms. The Morgan fingerprint density at radius 2 is 1.44 bits per heavy atom. The lowest BCUT2D eigenvalue weighted by Gasteiger charge is -2.10. The lowest BCUT2D eigenvalue weighted by atomic mass is 10.1. The molecule has 4 N–H and O–H groups in total. The fourth-order valence-electron chi connectivity index (χ4n) is 2.95. The van der Waals surface area contributed by atoms with E-state index in [1.807, 2.05) is 19.1 Å². The maximum atomic E-state index is 12.6. The third-order valence-corrected chi connectivity index (χ3v) is 6.12. The summed E-state index contributed by atoms with van der Waals surface area (Å²) in [6.07, 6.45) is 0. The van der Waals surface area contributed by atoms with Crippen molar-refractivity contribution >= 4 is 27.7 Å². The molecule has 0 heterocycles. The van der Waals surface area contributed by atoms with Gasteiger partial charge in [0.25, 0.3) is 17.7 Å². The quantitative estimate of drug-likeness (QED) is 0.364. The molecule has 0 saturated carbocycles. The summed E-state index contributed by atoms with van der Waals surface area (Å²) >= 11 is 0. The highest BCUT2D eigenvalue weighted by molar-refractivity contribution is 7.89. The third kappa shape index (κ3) is 6.99. The maximum Gasteiger partial charge on any atom is 0.269 e. The number of hydrogen-bond acceptors (Lipinski definition) is 5. The van der Waals surface area contributed by atoms with Crippen LogP contribution in [0.1, 0.15) is 31.8 Å². The van der Waals surface area contributed by atoms with Crippen molar-refractivity contribution < 1.29 is 22.8 Å². The van der Waals surface area contributed by atoms with Crippen molar-refractivity contribution in [2.24, 2.45) is 0 Å². The van der Waals surface area contributed by atoms with E-state index >= 15 is 0 Å². The van der Waals surface area contributed by atoms with Crippen LogP contribution in [0.4, 0.5) is 0 Å². The summed E-state index contributed by atoms with van der Waals surface area (Å²) in [5.41, 5.74) is 6.53. The first-order chi connectivity index (χ1) is 16.2. The molecule has 0 aliphatic carbocycles. The van der Waals surface area contributed by atoms with E-state index in [0.717, 1.165) is 11.1 Å². The van der Waals surface area contributed by atoms with Crippen molar-refractivity contribution in [1.82, 2.24) is 20.9 Å². The summed E-state index contributed by atoms with van der Waals surface area (Å²) in [6, 6.07) is 21.3. The fourth-order valence-corrected chi connectivity index (χ4v) is 4.02. The van der Waals surface area contributed by atoms with Gasteiger partial charge in [-0.25, -0.2) is 13.1 Å². The SMILES string of the molecule is Cc1cccc(C(=O)NCC(=O)NNC(=O)c2cccc(S(=O)(=O)NCc3ccccc3)c2)c1. The van der Waals surface area contributed by atoms with Crippen LogP contribution in [0, 0.1) is 6.92 Å². The van der Waals surface area contributed by atoms with Crippen molar-refractivity contribution in [2.45, 2.75) is 18.4 Å². The molecule has 3 amide bonds. The van der Waals surface area contributed by atoms with Gasteiger partial charge in [-0.3, -0.25) is 25.2 Å². The highest BCUT2D eigenvalue weighted by atomic mass is 32.2. The van der Waals surface area contributed by atoms with Crippen LogP contribution in [0.25, 0.3) is 0 Å². The molecule has 0 unspecified atom stereocenters. The van der Waals surface area contributed by atoms with Crippen molar-refractivity contribution in [3.63, 3.8) is 0 Å². The molecule has 0 atom stereocenters. The van der Waals surface area contributed by atoms with Crippen LogP contribution in [-0.2, 0) is 21.4 Å². The van der Waals surface area contributed by atoms with Crippen molar-refractivity contribution in [1.29, 1.82) is 0 Å². The van der Waals surface area contributed by atoms with Crippen molar-refractivity contribution in [2.75, 3.05) is 6.54 Å². The van der Waals surface area contributed by atoms with Crippen LogP contribution in [0.2, 0.25) is 0 Å². The highest BCUT2D eigenvalue weighted by Crippen LogP contribution is 2.12. The van der Waals surface area contributed by atoms with Crippen molar-refractivity contribution in [3.05, 3.63) is 101 Å². The number of sulfonamides is 1. The monoisotopic (exact) mass is 480 g/mol. The Morgan fingerprint density at radius 3 is 2.15 bits per heavy atom. The molecule has 3 aromatic rings. The van der Waals surface area contributed by atoms with Gasteiger partial charge < -0.3 is 5.32 Å². The Bertz CT molecular complexity index is 1290. The minimum absolute atomic E-state index is 0.0340. The number of aryl methyl sites for hydroxylation is 1. The minimum Gasteiger partial charge on any atom is -0.343 e. The number of benzene rings is 3. The summed E-state index contributed by atoms with van der Waals surface area (Å²) in [7, 11) is -3.86. The predicted octanol–water partition coefficient (Wildman–Crippen LogP) is 1.66.